The van der Waals surface area contributed by atoms with Crippen molar-refractivity contribution in [1.82, 2.24) is 5.16 Å². The van der Waals surface area contributed by atoms with Crippen molar-refractivity contribution in [2.45, 2.75) is 27.7 Å². The fraction of sp³-hybridized carbons (Fsp3) is 0.357. The number of carbonyl (C=O) groups excluding carboxylic acids is 2. The zero-order valence-electron chi connectivity index (χ0n) is 12.3. The maximum Gasteiger partial charge on any atom is 0.341 e. The molecule has 0 aromatic carbocycles. The maximum atomic E-state index is 12.2. The second-order valence-electron chi connectivity index (χ2n) is 4.50. The lowest BCUT2D eigenvalue weighted by Crippen LogP contribution is -2.15. The van der Waals surface area contributed by atoms with Crippen LogP contribution in [0, 0.1) is 20.8 Å². The zero-order valence-corrected chi connectivity index (χ0v) is 13.1. The topological polar surface area (TPSA) is 81.4 Å². The highest BCUT2D eigenvalue weighted by Crippen LogP contribution is 2.33. The number of nitrogens with one attached hydrogen (secondary N) is 1. The molecule has 2 aromatic heterocycles. The van der Waals surface area contributed by atoms with E-state index in [1.807, 2.05) is 13.8 Å². The van der Waals surface area contributed by atoms with Crippen LogP contribution in [0.2, 0.25) is 0 Å². The summed E-state index contributed by atoms with van der Waals surface area (Å²) in [5, 5.41) is 6.73. The molecule has 0 atom stereocenters. The monoisotopic (exact) mass is 308 g/mol. The van der Waals surface area contributed by atoms with Crippen molar-refractivity contribution >= 4 is 28.2 Å². The number of aromatic nitrogens is 1. The number of anilines is 1. The number of carbonyl (C=O) groups is 2. The van der Waals surface area contributed by atoms with Crippen molar-refractivity contribution in [2.75, 3.05) is 11.9 Å². The summed E-state index contributed by atoms with van der Waals surface area (Å²) in [7, 11) is 0. The van der Waals surface area contributed by atoms with Crippen LogP contribution in [0.5, 0.6) is 0 Å². The maximum absolute atomic E-state index is 12.2. The van der Waals surface area contributed by atoms with Crippen LogP contribution >= 0.6 is 11.3 Å². The van der Waals surface area contributed by atoms with E-state index in [0.29, 0.717) is 16.1 Å². The van der Waals surface area contributed by atoms with Crippen molar-refractivity contribution in [3.05, 3.63) is 33.5 Å². The van der Waals surface area contributed by atoms with E-state index in [9.17, 15) is 9.59 Å². The van der Waals surface area contributed by atoms with Gasteiger partial charge >= 0.3 is 5.97 Å². The fourth-order valence-electron chi connectivity index (χ4n) is 1.83. The minimum Gasteiger partial charge on any atom is -0.462 e. The molecule has 0 saturated carbocycles. The van der Waals surface area contributed by atoms with Gasteiger partial charge in [-0.15, -0.1) is 11.3 Å². The quantitative estimate of drug-likeness (QED) is 0.878. The Morgan fingerprint density at radius 1 is 1.38 bits per heavy atom. The van der Waals surface area contributed by atoms with E-state index in [1.165, 1.54) is 17.5 Å². The van der Waals surface area contributed by atoms with Gasteiger partial charge in [-0.2, -0.15) is 0 Å². The third-order valence-corrected chi connectivity index (χ3v) is 4.17. The Morgan fingerprint density at radius 3 is 2.67 bits per heavy atom. The van der Waals surface area contributed by atoms with Crippen LogP contribution in [0.1, 0.15) is 43.8 Å². The van der Waals surface area contributed by atoms with Crippen LogP contribution in [-0.4, -0.2) is 23.6 Å². The highest BCUT2D eigenvalue weighted by atomic mass is 32.1. The summed E-state index contributed by atoms with van der Waals surface area (Å²) in [4.78, 5) is 25.1. The number of ether oxygens (including phenoxy) is 1. The van der Waals surface area contributed by atoms with Crippen LogP contribution < -0.4 is 5.32 Å². The van der Waals surface area contributed by atoms with Crippen molar-refractivity contribution in [1.29, 1.82) is 0 Å². The lowest BCUT2D eigenvalue weighted by atomic mass is 10.1. The number of hydrogen-bond donors (Lipinski definition) is 1. The molecule has 2 rings (SSSR count). The van der Waals surface area contributed by atoms with Crippen molar-refractivity contribution in [3.63, 3.8) is 0 Å². The predicted molar refractivity (Wildman–Crippen MR) is 78.9 cm³/mol. The van der Waals surface area contributed by atoms with E-state index >= 15 is 0 Å². The molecule has 6 nitrogen and oxygen atoms in total. The molecule has 0 spiro atoms. The number of hydrogen-bond acceptors (Lipinski definition) is 6. The first-order valence-corrected chi connectivity index (χ1v) is 7.27. The van der Waals surface area contributed by atoms with E-state index in [0.717, 1.165) is 10.4 Å². The molecule has 112 valence electrons. The highest BCUT2D eigenvalue weighted by molar-refractivity contribution is 7.16. The summed E-state index contributed by atoms with van der Waals surface area (Å²) >= 11 is 1.33. The van der Waals surface area contributed by atoms with E-state index in [1.54, 1.807) is 13.8 Å². The van der Waals surface area contributed by atoms with E-state index in [4.69, 9.17) is 9.26 Å². The highest BCUT2D eigenvalue weighted by Gasteiger charge is 2.24. The molecule has 21 heavy (non-hydrogen) atoms. The molecule has 1 N–H and O–H groups in total. The lowest BCUT2D eigenvalue weighted by molar-refractivity contribution is 0.0527. The fourth-order valence-corrected chi connectivity index (χ4v) is 2.88. The second-order valence-corrected chi connectivity index (χ2v) is 5.72. The molecule has 2 heterocycles. The molecule has 0 aliphatic carbocycles. The normalized spacial score (nSPS) is 10.5. The third kappa shape index (κ3) is 2.97. The summed E-state index contributed by atoms with van der Waals surface area (Å²) in [6.07, 6.45) is 1.46. The van der Waals surface area contributed by atoms with E-state index < -0.39 is 11.9 Å². The Kier molecular flexibility index (Phi) is 4.42. The van der Waals surface area contributed by atoms with Gasteiger partial charge in [-0.1, -0.05) is 5.16 Å². The van der Waals surface area contributed by atoms with Gasteiger partial charge in [0.05, 0.1) is 18.4 Å². The van der Waals surface area contributed by atoms with Gasteiger partial charge in [0, 0.05) is 10.4 Å². The Labute approximate surface area is 126 Å². The first-order chi connectivity index (χ1) is 9.95. The molecule has 0 aliphatic heterocycles. The van der Waals surface area contributed by atoms with Gasteiger partial charge in [-0.25, -0.2) is 4.79 Å². The molecule has 0 bridgehead atoms. The standard InChI is InChI=1S/C14H16N2O4S/c1-5-19-14(18)10-8(3)9(4)21-13(10)16-12(17)11-7(2)6-15-20-11/h6H,5H2,1-4H3,(H,16,17). The smallest absolute Gasteiger partial charge is 0.341 e. The molecule has 0 unspecified atom stereocenters. The minimum atomic E-state index is -0.441. The molecule has 7 heteroatoms. The molecule has 2 aromatic rings. The Hall–Kier alpha value is -2.15. The number of amides is 1. The zero-order chi connectivity index (χ0) is 15.6. The summed E-state index contributed by atoms with van der Waals surface area (Å²) in [5.41, 5.74) is 1.84. The van der Waals surface area contributed by atoms with Crippen molar-refractivity contribution in [2.24, 2.45) is 0 Å². The van der Waals surface area contributed by atoms with Crippen LogP contribution in [-0.2, 0) is 4.74 Å². The molecular formula is C14H16N2O4S. The molecular weight excluding hydrogens is 292 g/mol. The van der Waals surface area contributed by atoms with Crippen LogP contribution in [0.4, 0.5) is 5.00 Å². The number of thiophene rings is 1. The van der Waals surface area contributed by atoms with Gasteiger partial charge in [0.2, 0.25) is 5.76 Å². The number of aryl methyl sites for hydroxylation is 2. The van der Waals surface area contributed by atoms with Gasteiger partial charge < -0.3 is 14.6 Å². The molecule has 1 amide bonds. The average Bonchev–Trinajstić information content (AvgIpc) is 2.95. The Bertz CT molecular complexity index is 687. The summed E-state index contributed by atoms with van der Waals surface area (Å²) in [6.45, 7) is 7.46. The number of esters is 1. The first kappa shape index (κ1) is 15.2. The van der Waals surface area contributed by atoms with Gasteiger partial charge in [-0.05, 0) is 33.3 Å². The lowest BCUT2D eigenvalue weighted by Gasteiger charge is -2.06. The average molecular weight is 308 g/mol. The van der Waals surface area contributed by atoms with E-state index in [2.05, 4.69) is 10.5 Å². The summed E-state index contributed by atoms with van der Waals surface area (Å²) in [6, 6.07) is 0. The SMILES string of the molecule is CCOC(=O)c1c(NC(=O)c2oncc2C)sc(C)c1C. The molecule has 0 saturated heterocycles. The molecule has 0 aliphatic rings. The Balaban J connectivity index is 2.32. The summed E-state index contributed by atoms with van der Waals surface area (Å²) in [5.74, 6) is -0.741. The van der Waals surface area contributed by atoms with E-state index in [-0.39, 0.29) is 12.4 Å². The first-order valence-electron chi connectivity index (χ1n) is 6.45. The van der Waals surface area contributed by atoms with Crippen LogP contribution in [0.15, 0.2) is 10.7 Å². The van der Waals surface area contributed by atoms with Gasteiger partial charge in [-0.3, -0.25) is 4.79 Å². The molecule has 0 fully saturated rings. The van der Waals surface area contributed by atoms with Crippen molar-refractivity contribution in [3.8, 4) is 0 Å². The summed E-state index contributed by atoms with van der Waals surface area (Å²) < 4.78 is 9.95. The largest absolute Gasteiger partial charge is 0.462 e. The predicted octanol–water partition coefficient (Wildman–Crippen LogP) is 3.09. The van der Waals surface area contributed by atoms with Gasteiger partial charge in [0.15, 0.2) is 0 Å². The van der Waals surface area contributed by atoms with Gasteiger partial charge in [0.25, 0.3) is 5.91 Å². The van der Waals surface area contributed by atoms with Crippen LogP contribution in [0.25, 0.3) is 0 Å². The second kappa shape index (κ2) is 6.09. The van der Waals surface area contributed by atoms with Gasteiger partial charge in [0.1, 0.15) is 5.00 Å². The Morgan fingerprint density at radius 2 is 2.10 bits per heavy atom. The minimum absolute atomic E-state index is 0.133. The number of rotatable bonds is 4. The molecule has 0 radical (unpaired) electrons. The van der Waals surface area contributed by atoms with Crippen LogP contribution in [0.3, 0.4) is 0 Å². The van der Waals surface area contributed by atoms with Crippen molar-refractivity contribution < 1.29 is 18.8 Å². The third-order valence-electron chi connectivity index (χ3n) is 3.05. The number of nitrogens with zero attached hydrogens (tertiary/aromatic N) is 1.